The lowest BCUT2D eigenvalue weighted by Crippen LogP contribution is -2.27. The van der Waals surface area contributed by atoms with Crippen molar-refractivity contribution in [3.63, 3.8) is 0 Å². The highest BCUT2D eigenvalue weighted by Gasteiger charge is 2.26. The zero-order chi connectivity index (χ0) is 13.1. The molecule has 0 aliphatic carbocycles. The fourth-order valence-corrected chi connectivity index (χ4v) is 2.55. The summed E-state index contributed by atoms with van der Waals surface area (Å²) in [5, 5.41) is 4.36. The molecule has 0 aromatic heterocycles. The molecule has 1 aliphatic rings. The van der Waals surface area contributed by atoms with Crippen molar-refractivity contribution in [1.29, 1.82) is 0 Å². The van der Waals surface area contributed by atoms with Gasteiger partial charge in [0, 0.05) is 12.5 Å². The van der Waals surface area contributed by atoms with Gasteiger partial charge in [0.1, 0.15) is 5.02 Å². The summed E-state index contributed by atoms with van der Waals surface area (Å²) in [6.07, 6.45) is 6.14. The van der Waals surface area contributed by atoms with Crippen molar-refractivity contribution in [3.8, 4) is 18.1 Å². The number of benzene rings is 1. The summed E-state index contributed by atoms with van der Waals surface area (Å²) in [7, 11) is 0. The third kappa shape index (κ3) is 2.87. The minimum atomic E-state index is -0.353. The fraction of sp³-hybridized carbons (Fsp3) is 0.385. The van der Waals surface area contributed by atoms with Crippen molar-refractivity contribution in [3.05, 3.63) is 27.2 Å². The van der Waals surface area contributed by atoms with Gasteiger partial charge in [0.2, 0.25) is 0 Å². The monoisotopic (exact) mass is 303 g/mol. The first kappa shape index (κ1) is 13.8. The van der Waals surface area contributed by atoms with Crippen molar-refractivity contribution >= 4 is 34.8 Å². The Kier molecular flexibility index (Phi) is 4.64. The first-order valence-corrected chi connectivity index (χ1v) is 6.74. The molecule has 2 unspecified atom stereocenters. The van der Waals surface area contributed by atoms with Gasteiger partial charge in [0.05, 0.1) is 10.0 Å². The summed E-state index contributed by atoms with van der Waals surface area (Å²) < 4.78 is 5.77. The Balaban J connectivity index is 2.22. The van der Waals surface area contributed by atoms with E-state index < -0.39 is 0 Å². The van der Waals surface area contributed by atoms with E-state index in [9.17, 15) is 0 Å². The number of halogens is 3. The SMILES string of the molecule is C#CC(Oc1c(Cl)ccc(Cl)c1Cl)C1CCNC1. The van der Waals surface area contributed by atoms with Gasteiger partial charge < -0.3 is 10.1 Å². The Morgan fingerprint density at radius 1 is 1.33 bits per heavy atom. The van der Waals surface area contributed by atoms with Crippen LogP contribution >= 0.6 is 34.8 Å². The lowest BCUT2D eigenvalue weighted by atomic mass is 10.0. The Labute approximate surface area is 122 Å². The highest BCUT2D eigenvalue weighted by Crippen LogP contribution is 2.39. The van der Waals surface area contributed by atoms with E-state index in [4.69, 9.17) is 46.0 Å². The average molecular weight is 305 g/mol. The van der Waals surface area contributed by atoms with Crippen LogP contribution in [-0.4, -0.2) is 19.2 Å². The Hall–Kier alpha value is -0.590. The standard InChI is InChI=1S/C13H12Cl3NO/c1-2-11(8-5-6-17-7-8)18-13-10(15)4-3-9(14)12(13)16/h1,3-4,8,11,17H,5-7H2. The Bertz CT molecular complexity index is 478. The molecular weight excluding hydrogens is 293 g/mol. The molecule has 5 heteroatoms. The molecule has 2 nitrogen and oxygen atoms in total. The van der Waals surface area contributed by atoms with Crippen LogP contribution in [0.25, 0.3) is 0 Å². The van der Waals surface area contributed by atoms with Gasteiger partial charge in [0.25, 0.3) is 0 Å². The van der Waals surface area contributed by atoms with E-state index in [1.165, 1.54) is 0 Å². The van der Waals surface area contributed by atoms with Crippen LogP contribution in [0.1, 0.15) is 6.42 Å². The smallest absolute Gasteiger partial charge is 0.163 e. The zero-order valence-electron chi connectivity index (χ0n) is 9.55. The van der Waals surface area contributed by atoms with Gasteiger partial charge in [-0.2, -0.15) is 0 Å². The minimum absolute atomic E-state index is 0.265. The highest BCUT2D eigenvalue weighted by atomic mass is 35.5. The summed E-state index contributed by atoms with van der Waals surface area (Å²) in [5.74, 6) is 3.27. The topological polar surface area (TPSA) is 21.3 Å². The maximum Gasteiger partial charge on any atom is 0.163 e. The van der Waals surface area contributed by atoms with Crippen LogP contribution in [0.3, 0.4) is 0 Å². The average Bonchev–Trinajstić information content (AvgIpc) is 2.88. The van der Waals surface area contributed by atoms with E-state index in [0.717, 1.165) is 19.5 Å². The summed E-state index contributed by atoms with van der Waals surface area (Å²) in [6.45, 7) is 1.79. The van der Waals surface area contributed by atoms with Crippen LogP contribution < -0.4 is 10.1 Å². The molecule has 96 valence electrons. The van der Waals surface area contributed by atoms with E-state index in [1.807, 2.05) is 0 Å². The third-order valence-corrected chi connectivity index (χ3v) is 4.02. The van der Waals surface area contributed by atoms with Crippen molar-refractivity contribution in [1.82, 2.24) is 5.32 Å². The summed E-state index contributed by atoms with van der Waals surface area (Å²) in [4.78, 5) is 0. The van der Waals surface area contributed by atoms with Gasteiger partial charge in [-0.1, -0.05) is 40.7 Å². The van der Waals surface area contributed by atoms with E-state index in [1.54, 1.807) is 12.1 Å². The van der Waals surface area contributed by atoms with Gasteiger partial charge >= 0.3 is 0 Å². The molecule has 2 atom stereocenters. The quantitative estimate of drug-likeness (QED) is 0.680. The second kappa shape index (κ2) is 6.04. The number of nitrogens with one attached hydrogen (secondary N) is 1. The number of rotatable bonds is 3. The molecule has 1 aromatic carbocycles. The lowest BCUT2D eigenvalue weighted by molar-refractivity contribution is 0.197. The van der Waals surface area contributed by atoms with Gasteiger partial charge in [0.15, 0.2) is 11.9 Å². The summed E-state index contributed by atoms with van der Waals surface area (Å²) in [6, 6.07) is 3.27. The van der Waals surface area contributed by atoms with Crippen molar-refractivity contribution in [2.24, 2.45) is 5.92 Å². The summed E-state index contributed by atoms with van der Waals surface area (Å²) >= 11 is 18.1. The molecule has 0 spiro atoms. The fourth-order valence-electron chi connectivity index (χ4n) is 1.95. The molecule has 0 radical (unpaired) electrons. The van der Waals surface area contributed by atoms with Crippen LogP contribution in [0.2, 0.25) is 15.1 Å². The van der Waals surface area contributed by atoms with E-state index in [-0.39, 0.29) is 12.0 Å². The molecule has 0 saturated carbocycles. The zero-order valence-corrected chi connectivity index (χ0v) is 11.8. The maximum absolute atomic E-state index is 6.08. The second-order valence-corrected chi connectivity index (χ2v) is 5.32. The summed E-state index contributed by atoms with van der Waals surface area (Å²) in [5.41, 5.74) is 0. The van der Waals surface area contributed by atoms with Crippen LogP contribution in [0.15, 0.2) is 12.1 Å². The van der Waals surface area contributed by atoms with Crippen LogP contribution in [0, 0.1) is 18.3 Å². The molecule has 1 heterocycles. The Morgan fingerprint density at radius 3 is 2.67 bits per heavy atom. The number of ether oxygens (including phenoxy) is 1. The van der Waals surface area contributed by atoms with E-state index >= 15 is 0 Å². The molecule has 1 saturated heterocycles. The lowest BCUT2D eigenvalue weighted by Gasteiger charge is -2.21. The first-order chi connectivity index (χ1) is 8.63. The van der Waals surface area contributed by atoms with Crippen molar-refractivity contribution < 1.29 is 4.74 Å². The molecule has 0 bridgehead atoms. The largest absolute Gasteiger partial charge is 0.474 e. The molecule has 2 rings (SSSR count). The first-order valence-electron chi connectivity index (χ1n) is 5.60. The molecule has 1 fully saturated rings. The number of hydrogen-bond acceptors (Lipinski definition) is 2. The molecule has 1 N–H and O–H groups in total. The van der Waals surface area contributed by atoms with Crippen LogP contribution in [0.5, 0.6) is 5.75 Å². The molecule has 1 aromatic rings. The predicted molar refractivity (Wildman–Crippen MR) is 75.7 cm³/mol. The number of terminal acetylenes is 1. The maximum atomic E-state index is 6.08. The predicted octanol–water partition coefficient (Wildman–Crippen LogP) is 3.64. The van der Waals surface area contributed by atoms with Crippen LogP contribution in [-0.2, 0) is 0 Å². The normalized spacial score (nSPS) is 20.4. The van der Waals surface area contributed by atoms with Gasteiger partial charge in [-0.15, -0.1) is 6.42 Å². The minimum Gasteiger partial charge on any atom is -0.474 e. The van der Waals surface area contributed by atoms with Crippen molar-refractivity contribution in [2.45, 2.75) is 12.5 Å². The molecular formula is C13H12Cl3NO. The second-order valence-electron chi connectivity index (χ2n) is 4.13. The van der Waals surface area contributed by atoms with Gasteiger partial charge in [-0.05, 0) is 25.1 Å². The van der Waals surface area contributed by atoms with Gasteiger partial charge in [-0.3, -0.25) is 0 Å². The van der Waals surface area contributed by atoms with Gasteiger partial charge in [-0.25, -0.2) is 0 Å². The Morgan fingerprint density at radius 2 is 2.06 bits per heavy atom. The van der Waals surface area contributed by atoms with E-state index in [2.05, 4.69) is 11.2 Å². The third-order valence-electron chi connectivity index (χ3n) is 2.94. The molecule has 1 aliphatic heterocycles. The number of hydrogen-bond donors (Lipinski definition) is 1. The van der Waals surface area contributed by atoms with Crippen LogP contribution in [0.4, 0.5) is 0 Å². The molecule has 0 amide bonds. The molecule has 18 heavy (non-hydrogen) atoms. The highest BCUT2D eigenvalue weighted by molar-refractivity contribution is 6.44. The van der Waals surface area contributed by atoms with Crippen molar-refractivity contribution in [2.75, 3.05) is 13.1 Å². The van der Waals surface area contributed by atoms with E-state index in [0.29, 0.717) is 20.8 Å².